The molecular weight excluding hydrogens is 931 g/mol. The molecule has 18 nitrogen and oxygen atoms in total. The molecule has 0 saturated heterocycles. The molecule has 0 spiro atoms. The van der Waals surface area contributed by atoms with Gasteiger partial charge in [-0.2, -0.15) is 0 Å². The molecule has 0 aliphatic rings. The first-order chi connectivity index (χ1) is 33.9. The summed E-state index contributed by atoms with van der Waals surface area (Å²) in [6.45, 7) is 32.2. The van der Waals surface area contributed by atoms with Gasteiger partial charge < -0.3 is 46.0 Å². The summed E-state index contributed by atoms with van der Waals surface area (Å²) in [6, 6.07) is -5.96. The predicted molar refractivity (Wildman–Crippen MR) is 290 cm³/mol. The Balaban J connectivity index is 7.35. The van der Waals surface area contributed by atoms with Gasteiger partial charge in [-0.3, -0.25) is 43.3 Å². The maximum absolute atomic E-state index is 15.0. The van der Waals surface area contributed by atoms with E-state index >= 15 is 0 Å². The van der Waals surface area contributed by atoms with Crippen LogP contribution in [0.3, 0.4) is 0 Å². The van der Waals surface area contributed by atoms with Crippen LogP contribution in [0.25, 0.3) is 0 Å². The van der Waals surface area contributed by atoms with Crippen LogP contribution >= 0.6 is 0 Å². The van der Waals surface area contributed by atoms with Crippen molar-refractivity contribution in [1.29, 1.82) is 0 Å². The number of likely N-dealkylation sites (N-methyl/N-ethyl adjacent to an activating group) is 5. The van der Waals surface area contributed by atoms with Gasteiger partial charge in [-0.05, 0) is 93.5 Å². The number of rotatable bonds is 34. The van der Waals surface area contributed by atoms with Crippen LogP contribution < -0.4 is 21.7 Å². The van der Waals surface area contributed by atoms with Gasteiger partial charge in [0.1, 0.15) is 36.0 Å². The topological polar surface area (TPSA) is 224 Å². The van der Waals surface area contributed by atoms with Gasteiger partial charge in [-0.15, -0.1) is 0 Å². The van der Waals surface area contributed by atoms with E-state index in [9.17, 15) is 38.4 Å². The Morgan fingerprint density at radius 1 is 0.644 bits per heavy atom. The zero-order chi connectivity index (χ0) is 56.6. The van der Waals surface area contributed by atoms with Gasteiger partial charge in [0.25, 0.3) is 5.91 Å². The van der Waals surface area contributed by atoms with Crippen molar-refractivity contribution in [3.8, 4) is 0 Å². The molecule has 0 rings (SSSR count). The number of hydrogen-bond donors (Lipinski definition) is 4. The lowest BCUT2D eigenvalue weighted by Crippen LogP contribution is -2.60. The minimum absolute atomic E-state index is 0.0206. The second-order valence-corrected chi connectivity index (χ2v) is 20.7. The van der Waals surface area contributed by atoms with E-state index in [1.807, 2.05) is 62.3 Å². The number of nitrogens with zero attached hydrogens (tertiary/aromatic N) is 5. The molecule has 73 heavy (non-hydrogen) atoms. The predicted octanol–water partition coefficient (Wildman–Crippen LogP) is 4.74. The summed E-state index contributed by atoms with van der Waals surface area (Å²) in [5.41, 5.74) is 6.73. The smallest absolute Gasteiger partial charge is 0.254 e. The Hall–Kier alpha value is -6.04. The maximum Gasteiger partial charge on any atom is 0.254 e. The molecule has 0 saturated carbocycles. The number of nitrogens with one attached hydrogen (secondary N) is 3. The largest absolute Gasteiger partial charge is 0.496 e. The molecule has 0 heterocycles. The Bertz CT molecular complexity index is 2010. The lowest BCUT2D eigenvalue weighted by atomic mass is 9.96. The fourth-order valence-corrected chi connectivity index (χ4v) is 8.37. The molecule has 0 radical (unpaired) electrons. The number of hydrogen-bond acceptors (Lipinski definition) is 10. The number of primary amides is 1. The van der Waals surface area contributed by atoms with Crippen molar-refractivity contribution in [2.75, 3.05) is 62.5 Å². The number of nitrogens with two attached hydrogens (primary N) is 1. The van der Waals surface area contributed by atoms with Crippen LogP contribution in [-0.2, 0) is 43.1 Å². The summed E-state index contributed by atoms with van der Waals surface area (Å²) in [6.07, 6.45) is 7.78. The van der Waals surface area contributed by atoms with Gasteiger partial charge in [-0.1, -0.05) is 107 Å². The molecule has 0 aromatic heterocycles. The highest BCUT2D eigenvalue weighted by molar-refractivity contribution is 5.98. The SMILES string of the molecule is C=C/C=C(\C=C)C[C@@H](C(=O)N[C@@H](CC(C)C)C(=O)N(C)[C@@H](CC(C)C)C(=O)N(CCC(=C)/C=C(/OC)C(=C)C(=O)NC)CC(N)=O)N(C)C(=O)[C@H](CC(C)C)N(C)C(=O)[C@H](CC(C)C)NC(=O)[C@H](CC)N(C)C. The molecule has 0 aliphatic heterocycles. The van der Waals surface area contributed by atoms with Crippen molar-refractivity contribution in [2.24, 2.45) is 29.4 Å². The van der Waals surface area contributed by atoms with E-state index in [1.54, 1.807) is 31.1 Å². The first-order valence-electron chi connectivity index (χ1n) is 25.4. The zero-order valence-electron chi connectivity index (χ0n) is 47.3. The monoisotopic (exact) mass is 1020 g/mol. The van der Waals surface area contributed by atoms with E-state index in [0.717, 1.165) is 0 Å². The minimum Gasteiger partial charge on any atom is -0.496 e. The molecule has 6 atom stereocenters. The third-order valence-corrected chi connectivity index (χ3v) is 12.4. The van der Waals surface area contributed by atoms with E-state index in [1.165, 1.54) is 67.1 Å². The quantitative estimate of drug-likeness (QED) is 0.0394. The van der Waals surface area contributed by atoms with E-state index in [-0.39, 0.29) is 79.6 Å². The summed E-state index contributed by atoms with van der Waals surface area (Å²) >= 11 is 0. The molecule has 0 aromatic rings. The second kappa shape index (κ2) is 32.9. The average Bonchev–Trinajstić information content (AvgIpc) is 3.31. The van der Waals surface area contributed by atoms with Gasteiger partial charge in [0.2, 0.25) is 41.4 Å². The third kappa shape index (κ3) is 22.3. The molecule has 0 aliphatic carbocycles. The highest BCUT2D eigenvalue weighted by Gasteiger charge is 2.41. The summed E-state index contributed by atoms with van der Waals surface area (Å²) in [4.78, 5) is 119. The van der Waals surface area contributed by atoms with Crippen LogP contribution in [-0.4, -0.2) is 170 Å². The summed E-state index contributed by atoms with van der Waals surface area (Å²) in [5.74, 6) is -4.47. The van der Waals surface area contributed by atoms with Crippen molar-refractivity contribution in [3.63, 3.8) is 0 Å². The van der Waals surface area contributed by atoms with Crippen LogP contribution in [0.1, 0.15) is 107 Å². The number of carbonyl (C=O) groups is 8. The van der Waals surface area contributed by atoms with Crippen LogP contribution in [0.5, 0.6) is 0 Å². The number of allylic oxidation sites excluding steroid dienone is 4. The molecule has 0 aromatic carbocycles. The van der Waals surface area contributed by atoms with Gasteiger partial charge >= 0.3 is 0 Å². The number of amides is 8. The highest BCUT2D eigenvalue weighted by Crippen LogP contribution is 2.23. The van der Waals surface area contributed by atoms with Crippen LogP contribution in [0, 0.1) is 23.7 Å². The van der Waals surface area contributed by atoms with Gasteiger partial charge in [0.15, 0.2) is 0 Å². The fourth-order valence-electron chi connectivity index (χ4n) is 8.37. The van der Waals surface area contributed by atoms with E-state index in [0.29, 0.717) is 24.0 Å². The minimum atomic E-state index is -1.23. The third-order valence-electron chi connectivity index (χ3n) is 12.4. The van der Waals surface area contributed by atoms with E-state index < -0.39 is 84.1 Å². The number of ether oxygens (including phenoxy) is 1. The summed E-state index contributed by atoms with van der Waals surface area (Å²) < 4.78 is 5.36. The number of methoxy groups -OCH3 is 1. The maximum atomic E-state index is 15.0. The Kier molecular flexibility index (Phi) is 30.2. The second-order valence-electron chi connectivity index (χ2n) is 20.7. The molecule has 18 heteroatoms. The lowest BCUT2D eigenvalue weighted by molar-refractivity contribution is -0.150. The first kappa shape index (κ1) is 67.0. The van der Waals surface area contributed by atoms with Crippen molar-refractivity contribution in [2.45, 2.75) is 144 Å². The zero-order valence-corrected chi connectivity index (χ0v) is 47.3. The van der Waals surface area contributed by atoms with Gasteiger partial charge in [0, 0.05) is 41.2 Å². The Morgan fingerprint density at radius 3 is 1.45 bits per heavy atom. The van der Waals surface area contributed by atoms with Crippen molar-refractivity contribution in [1.82, 2.24) is 40.4 Å². The van der Waals surface area contributed by atoms with Gasteiger partial charge in [-0.25, -0.2) is 0 Å². The normalized spacial score (nSPS) is 14.3. The van der Waals surface area contributed by atoms with Crippen molar-refractivity contribution < 1.29 is 43.1 Å². The first-order valence-corrected chi connectivity index (χ1v) is 25.4. The Morgan fingerprint density at radius 2 is 1.08 bits per heavy atom. The fraction of sp³-hybridized carbons (Fsp3) is 0.636. The standard InChI is InChI=1S/C55H93N9O9/c1-21-24-40(22-2)32-44(61(17)54(71)45(29-36(8)9)62(18)52(69)41(27-34(4)5)58-50(67)43(23-3)60(15)16)51(68)59-42(28-35(6)7)53(70)63(19)46(30-37(10)11)55(72)64(33-48(56)65)26-25-38(12)31-47(73-20)39(13)49(66)57-14/h21-22,24,31,34-37,41-46H,1-2,12-13,23,25-30,32-33H2,3-11,14-20H3,(H2,56,65)(H,57,66)(H,58,67)(H,59,68)/b40-24+,47-31+/t41-,42-,43-,44-,45-,46-/m0/s1. The van der Waals surface area contributed by atoms with E-state index in [4.69, 9.17) is 10.5 Å². The van der Waals surface area contributed by atoms with Crippen molar-refractivity contribution in [3.05, 3.63) is 73.1 Å². The molecule has 5 N–H and O–H groups in total. The van der Waals surface area contributed by atoms with Crippen LogP contribution in [0.15, 0.2) is 73.1 Å². The molecule has 0 bridgehead atoms. The average molecular weight is 1020 g/mol. The van der Waals surface area contributed by atoms with Crippen molar-refractivity contribution >= 4 is 47.3 Å². The molecule has 0 fully saturated rings. The van der Waals surface area contributed by atoms with Gasteiger partial charge in [0.05, 0.1) is 25.3 Å². The van der Waals surface area contributed by atoms with E-state index in [2.05, 4.69) is 42.3 Å². The molecule has 0 unspecified atom stereocenters. The number of carbonyl (C=O) groups excluding carboxylic acids is 8. The van der Waals surface area contributed by atoms with Crippen LogP contribution in [0.4, 0.5) is 0 Å². The Labute approximate surface area is 438 Å². The highest BCUT2D eigenvalue weighted by atomic mass is 16.5. The summed E-state index contributed by atoms with van der Waals surface area (Å²) in [5, 5.41) is 8.38. The molecule has 8 amide bonds. The van der Waals surface area contributed by atoms with Crippen LogP contribution in [0.2, 0.25) is 0 Å². The molecular formula is C55H93N9O9. The summed E-state index contributed by atoms with van der Waals surface area (Å²) in [7, 11) is 10.9. The molecule has 412 valence electrons. The lowest BCUT2D eigenvalue weighted by Gasteiger charge is -2.38.